The van der Waals surface area contributed by atoms with E-state index in [9.17, 15) is 0 Å². The highest BCUT2D eigenvalue weighted by molar-refractivity contribution is 5.58. The summed E-state index contributed by atoms with van der Waals surface area (Å²) < 4.78 is 0. The largest absolute Gasteiger partial charge is 0.371 e. The van der Waals surface area contributed by atoms with Crippen molar-refractivity contribution in [2.24, 2.45) is 5.73 Å². The van der Waals surface area contributed by atoms with Gasteiger partial charge in [0.25, 0.3) is 0 Å². The smallest absolute Gasteiger partial charge is 0.0404 e. The van der Waals surface area contributed by atoms with E-state index in [4.69, 9.17) is 5.73 Å². The zero-order valence-corrected chi connectivity index (χ0v) is 11.2. The lowest BCUT2D eigenvalue weighted by Crippen LogP contribution is -2.43. The predicted octanol–water partition coefficient (Wildman–Crippen LogP) is 3.06. The summed E-state index contributed by atoms with van der Waals surface area (Å²) in [4.78, 5) is 2.58. The maximum Gasteiger partial charge on any atom is 0.0404 e. The lowest BCUT2D eigenvalue weighted by atomic mass is 9.64. The fourth-order valence-electron chi connectivity index (χ4n) is 3.52. The first-order chi connectivity index (χ1) is 8.86. The summed E-state index contributed by atoms with van der Waals surface area (Å²) in [6.07, 6.45) is 7.95. The van der Waals surface area contributed by atoms with Crippen LogP contribution in [0.15, 0.2) is 24.3 Å². The van der Waals surface area contributed by atoms with Crippen molar-refractivity contribution in [2.45, 2.75) is 43.9 Å². The van der Waals surface area contributed by atoms with E-state index < -0.39 is 0 Å². The Balaban J connectivity index is 1.94. The topological polar surface area (TPSA) is 29.3 Å². The van der Waals surface area contributed by atoms with Crippen molar-refractivity contribution in [2.75, 3.05) is 24.5 Å². The molecule has 2 fully saturated rings. The van der Waals surface area contributed by atoms with Gasteiger partial charge in [-0.05, 0) is 43.7 Å². The third-order valence-electron chi connectivity index (χ3n) is 4.87. The summed E-state index contributed by atoms with van der Waals surface area (Å²) in [7, 11) is 0. The Labute approximate surface area is 110 Å². The second-order valence-corrected chi connectivity index (χ2v) is 5.90. The van der Waals surface area contributed by atoms with Gasteiger partial charge in [-0.1, -0.05) is 24.6 Å². The van der Waals surface area contributed by atoms with Crippen LogP contribution in [0.2, 0.25) is 0 Å². The Hall–Kier alpha value is -1.02. The van der Waals surface area contributed by atoms with Gasteiger partial charge in [-0.15, -0.1) is 0 Å². The van der Waals surface area contributed by atoms with Crippen LogP contribution in [0.25, 0.3) is 0 Å². The number of piperidine rings is 1. The highest BCUT2D eigenvalue weighted by atomic mass is 15.1. The Morgan fingerprint density at radius 2 is 1.72 bits per heavy atom. The number of nitrogens with two attached hydrogens (primary N) is 1. The molecule has 1 aliphatic heterocycles. The van der Waals surface area contributed by atoms with Crippen molar-refractivity contribution in [3.05, 3.63) is 29.8 Å². The van der Waals surface area contributed by atoms with E-state index >= 15 is 0 Å². The number of nitrogens with zero attached hydrogens (tertiary/aromatic N) is 1. The molecule has 1 aromatic carbocycles. The van der Waals surface area contributed by atoms with E-state index in [0.717, 1.165) is 6.54 Å². The zero-order chi connectivity index (χ0) is 12.4. The Bertz CT molecular complexity index is 398. The van der Waals surface area contributed by atoms with Crippen LogP contribution in [0, 0.1) is 0 Å². The third-order valence-corrected chi connectivity index (χ3v) is 4.87. The molecule has 2 nitrogen and oxygen atoms in total. The van der Waals surface area contributed by atoms with Gasteiger partial charge in [0.2, 0.25) is 0 Å². The maximum absolute atomic E-state index is 6.08. The van der Waals surface area contributed by atoms with Crippen LogP contribution in [0.3, 0.4) is 0 Å². The quantitative estimate of drug-likeness (QED) is 0.885. The molecule has 1 aliphatic carbocycles. The van der Waals surface area contributed by atoms with E-state index in [0.29, 0.717) is 0 Å². The number of hydrogen-bond acceptors (Lipinski definition) is 2. The van der Waals surface area contributed by atoms with Crippen LogP contribution in [0.5, 0.6) is 0 Å². The van der Waals surface area contributed by atoms with Gasteiger partial charge in [0.1, 0.15) is 0 Å². The summed E-state index contributed by atoms with van der Waals surface area (Å²) in [5, 5.41) is 0. The van der Waals surface area contributed by atoms with Gasteiger partial charge >= 0.3 is 0 Å². The van der Waals surface area contributed by atoms with Gasteiger partial charge in [-0.25, -0.2) is 0 Å². The maximum atomic E-state index is 6.08. The average Bonchev–Trinajstić information content (AvgIpc) is 2.40. The molecule has 0 radical (unpaired) electrons. The first-order valence-corrected chi connectivity index (χ1v) is 7.40. The summed E-state index contributed by atoms with van der Waals surface area (Å²) >= 11 is 0. The normalized spacial score (nSPS) is 22.6. The molecule has 0 atom stereocenters. The molecule has 1 aromatic rings. The molecule has 1 saturated heterocycles. The highest BCUT2D eigenvalue weighted by Gasteiger charge is 2.39. The van der Waals surface area contributed by atoms with Gasteiger partial charge in [0.05, 0.1) is 0 Å². The number of rotatable bonds is 3. The molecule has 1 saturated carbocycles. The molecule has 3 rings (SSSR count). The van der Waals surface area contributed by atoms with Gasteiger partial charge in [-0.3, -0.25) is 0 Å². The monoisotopic (exact) mass is 244 g/mol. The highest BCUT2D eigenvalue weighted by Crippen LogP contribution is 2.46. The molecule has 0 amide bonds. The minimum absolute atomic E-state index is 0.286. The summed E-state index contributed by atoms with van der Waals surface area (Å²) in [6, 6.07) is 8.97. The van der Waals surface area contributed by atoms with E-state index in [1.165, 1.54) is 62.9 Å². The van der Waals surface area contributed by atoms with Crippen molar-refractivity contribution in [1.29, 1.82) is 0 Å². The van der Waals surface area contributed by atoms with Crippen molar-refractivity contribution >= 4 is 5.69 Å². The van der Waals surface area contributed by atoms with Crippen LogP contribution in [0.4, 0.5) is 5.69 Å². The van der Waals surface area contributed by atoms with Crippen molar-refractivity contribution in [1.82, 2.24) is 0 Å². The molecule has 1 heterocycles. The number of anilines is 1. The number of benzene rings is 1. The number of hydrogen-bond donors (Lipinski definition) is 1. The van der Waals surface area contributed by atoms with Gasteiger partial charge < -0.3 is 10.6 Å². The minimum atomic E-state index is 0.286. The molecule has 0 bridgehead atoms. The Morgan fingerprint density at radius 1 is 1.00 bits per heavy atom. The molecule has 2 heteroatoms. The van der Waals surface area contributed by atoms with Crippen LogP contribution in [0.1, 0.15) is 44.1 Å². The zero-order valence-electron chi connectivity index (χ0n) is 11.2. The van der Waals surface area contributed by atoms with Crippen LogP contribution >= 0.6 is 0 Å². The fraction of sp³-hybridized carbons (Fsp3) is 0.625. The van der Waals surface area contributed by atoms with E-state index in [1.807, 2.05) is 0 Å². The predicted molar refractivity (Wildman–Crippen MR) is 77.1 cm³/mol. The fourth-order valence-corrected chi connectivity index (χ4v) is 3.52. The Kier molecular flexibility index (Phi) is 3.29. The molecule has 2 N–H and O–H groups in total. The molecular weight excluding hydrogens is 220 g/mol. The van der Waals surface area contributed by atoms with E-state index in [1.54, 1.807) is 0 Å². The molecule has 98 valence electrons. The van der Waals surface area contributed by atoms with Gasteiger partial charge in [0, 0.05) is 30.7 Å². The lowest BCUT2D eigenvalue weighted by molar-refractivity contribution is 0.253. The molecular formula is C16H24N2. The third kappa shape index (κ3) is 1.93. The summed E-state index contributed by atoms with van der Waals surface area (Å²) in [5.41, 5.74) is 9.34. The second-order valence-electron chi connectivity index (χ2n) is 5.90. The van der Waals surface area contributed by atoms with Crippen molar-refractivity contribution < 1.29 is 0 Å². The van der Waals surface area contributed by atoms with E-state index in [-0.39, 0.29) is 5.41 Å². The van der Waals surface area contributed by atoms with Crippen LogP contribution in [-0.2, 0) is 5.41 Å². The van der Waals surface area contributed by atoms with E-state index in [2.05, 4.69) is 29.2 Å². The average molecular weight is 244 g/mol. The standard InChI is InChI=1S/C16H24N2/c17-13-16(9-6-10-16)14-7-2-3-8-15(14)18-11-4-1-5-12-18/h2-3,7-8H,1,4-6,9-13,17H2. The van der Waals surface area contributed by atoms with Crippen molar-refractivity contribution in [3.63, 3.8) is 0 Å². The Morgan fingerprint density at radius 3 is 2.33 bits per heavy atom. The molecule has 0 spiro atoms. The lowest BCUT2D eigenvalue weighted by Gasteiger charge is -2.44. The van der Waals surface area contributed by atoms with Gasteiger partial charge in [0.15, 0.2) is 0 Å². The first kappa shape index (κ1) is 12.0. The summed E-state index contributed by atoms with van der Waals surface area (Å²) in [6.45, 7) is 3.24. The first-order valence-electron chi connectivity index (χ1n) is 7.40. The molecule has 2 aliphatic rings. The minimum Gasteiger partial charge on any atom is -0.371 e. The number of para-hydroxylation sites is 1. The SMILES string of the molecule is NCC1(c2ccccc2N2CCCCC2)CCC1. The molecule has 0 aromatic heterocycles. The second kappa shape index (κ2) is 4.93. The van der Waals surface area contributed by atoms with Gasteiger partial charge in [-0.2, -0.15) is 0 Å². The molecule has 18 heavy (non-hydrogen) atoms. The summed E-state index contributed by atoms with van der Waals surface area (Å²) in [5.74, 6) is 0. The molecule has 0 unspecified atom stereocenters. The van der Waals surface area contributed by atoms with Crippen molar-refractivity contribution in [3.8, 4) is 0 Å². The van der Waals surface area contributed by atoms with Crippen LogP contribution < -0.4 is 10.6 Å². The van der Waals surface area contributed by atoms with Crippen LogP contribution in [-0.4, -0.2) is 19.6 Å².